The molecule has 6 nitrogen and oxygen atoms in total. The van der Waals surface area contributed by atoms with Crippen molar-refractivity contribution in [1.82, 2.24) is 5.32 Å². The van der Waals surface area contributed by atoms with E-state index in [0.29, 0.717) is 30.8 Å². The van der Waals surface area contributed by atoms with E-state index < -0.39 is 0 Å². The Hall–Kier alpha value is -4.37. The molecule has 4 N–H and O–H groups in total. The first-order valence-electron chi connectivity index (χ1n) is 11.0. The number of carbonyl (C=O) groups is 2. The van der Waals surface area contributed by atoms with Crippen LogP contribution in [0.4, 0.5) is 0 Å². The van der Waals surface area contributed by atoms with Crippen molar-refractivity contribution < 1.29 is 19.3 Å². The van der Waals surface area contributed by atoms with Gasteiger partial charge >= 0.3 is 0 Å². The Bertz CT molecular complexity index is 1280. The maximum atomic E-state index is 12.9. The third-order valence-corrected chi connectivity index (χ3v) is 5.32. The number of nitrogens with two attached hydrogens (primary N) is 1. The Morgan fingerprint density at radius 1 is 0.971 bits per heavy atom. The minimum atomic E-state index is -0.370. The fraction of sp³-hybridized carbons (Fsp3) is 0.179. The first-order chi connectivity index (χ1) is 16.4. The van der Waals surface area contributed by atoms with E-state index in [4.69, 9.17) is 17.3 Å². The molecule has 0 bridgehead atoms. The number of hydrogen-bond donors (Lipinski definition) is 3. The van der Waals surface area contributed by atoms with Gasteiger partial charge < -0.3 is 16.2 Å². The molecule has 0 saturated heterocycles. The summed E-state index contributed by atoms with van der Waals surface area (Å²) in [7, 11) is 0. The second kappa shape index (κ2) is 11.5. The van der Waals surface area contributed by atoms with Crippen molar-refractivity contribution in [1.29, 1.82) is 0 Å². The molecule has 0 fully saturated rings. The van der Waals surface area contributed by atoms with E-state index in [-0.39, 0.29) is 18.2 Å². The maximum absolute atomic E-state index is 12.9. The molecule has 172 valence electrons. The molecule has 0 saturated carbocycles. The molecule has 0 aliphatic rings. The number of benzene rings is 3. The van der Waals surface area contributed by atoms with Gasteiger partial charge in [-0.15, -0.1) is 6.42 Å². The Kier molecular flexibility index (Phi) is 8.20. The molecule has 4 aromatic rings. The number of fused-ring (bicyclic) bond motifs is 2. The summed E-state index contributed by atoms with van der Waals surface area (Å²) in [4.78, 5) is 23.8. The number of amides is 2. The number of nitrogens with zero attached hydrogens (tertiary/aromatic N) is 1. The second-order valence-corrected chi connectivity index (χ2v) is 7.86. The summed E-state index contributed by atoms with van der Waals surface area (Å²) in [5, 5.41) is 13.3. The van der Waals surface area contributed by atoms with E-state index in [1.165, 1.54) is 5.56 Å². The quantitative estimate of drug-likeness (QED) is 0.180. The number of nitrogens with one attached hydrogen (secondary N) is 1. The van der Waals surface area contributed by atoms with Crippen LogP contribution in [0.2, 0.25) is 0 Å². The van der Waals surface area contributed by atoms with E-state index in [9.17, 15) is 9.59 Å². The minimum Gasteiger partial charge on any atom is -0.508 e. The minimum absolute atomic E-state index is 0.172. The van der Waals surface area contributed by atoms with Gasteiger partial charge in [-0.25, -0.2) is 0 Å². The number of rotatable bonds is 6. The van der Waals surface area contributed by atoms with Crippen LogP contribution in [0.25, 0.3) is 21.8 Å². The van der Waals surface area contributed by atoms with Crippen LogP contribution in [-0.4, -0.2) is 23.5 Å². The molecule has 0 unspecified atom stereocenters. The van der Waals surface area contributed by atoms with Crippen molar-refractivity contribution in [3.63, 3.8) is 0 Å². The standard InChI is InChI=1S/C21H19N3O2.C7H8O/c1-2-14-24-17-10-5-3-8-15(17)20(16-9-4-6-11-18(16)24)21(26)23-13-7-12-19(22)25;1-6-2-4-7(8)5-3-6/h1,3-6,8-11H,7,12-14H2,(H2-,22,23,25,26);2-5,8H,1H3/p+1. The van der Waals surface area contributed by atoms with Gasteiger partial charge in [-0.05, 0) is 43.5 Å². The van der Waals surface area contributed by atoms with Gasteiger partial charge in [0.15, 0.2) is 0 Å². The molecule has 1 aromatic heterocycles. The lowest BCUT2D eigenvalue weighted by atomic mass is 10.0. The number of terminal acetylenes is 1. The highest BCUT2D eigenvalue weighted by Gasteiger charge is 2.23. The molecule has 3 aromatic carbocycles. The van der Waals surface area contributed by atoms with Crippen LogP contribution in [0, 0.1) is 19.3 Å². The maximum Gasteiger partial charge on any atom is 0.253 e. The van der Waals surface area contributed by atoms with Gasteiger partial charge in [-0.2, -0.15) is 4.57 Å². The number of primary amides is 1. The summed E-state index contributed by atoms with van der Waals surface area (Å²) in [6, 6.07) is 22.5. The van der Waals surface area contributed by atoms with Crippen LogP contribution >= 0.6 is 0 Å². The van der Waals surface area contributed by atoms with Gasteiger partial charge in [0.2, 0.25) is 23.5 Å². The number of pyridine rings is 1. The van der Waals surface area contributed by atoms with Crippen LogP contribution < -0.4 is 15.6 Å². The van der Waals surface area contributed by atoms with E-state index in [1.807, 2.05) is 72.2 Å². The molecule has 0 spiro atoms. The molecule has 0 atom stereocenters. The third-order valence-electron chi connectivity index (χ3n) is 5.32. The molecule has 0 aliphatic carbocycles. The Morgan fingerprint density at radius 2 is 1.53 bits per heavy atom. The van der Waals surface area contributed by atoms with Crippen LogP contribution in [0.1, 0.15) is 28.8 Å². The molecular formula is C28H28N3O3+. The molecule has 34 heavy (non-hydrogen) atoms. The Balaban J connectivity index is 0.000000343. The van der Waals surface area contributed by atoms with Crippen LogP contribution in [0.5, 0.6) is 5.75 Å². The number of para-hydroxylation sites is 2. The van der Waals surface area contributed by atoms with Gasteiger partial charge in [0.1, 0.15) is 5.75 Å². The summed E-state index contributed by atoms with van der Waals surface area (Å²) in [5.74, 6) is 2.48. The summed E-state index contributed by atoms with van der Waals surface area (Å²) >= 11 is 0. The van der Waals surface area contributed by atoms with Gasteiger partial charge in [-0.3, -0.25) is 9.59 Å². The number of aromatic hydroxyl groups is 1. The second-order valence-electron chi connectivity index (χ2n) is 7.86. The van der Waals surface area contributed by atoms with E-state index in [0.717, 1.165) is 21.8 Å². The van der Waals surface area contributed by atoms with Crippen LogP contribution in [0.3, 0.4) is 0 Å². The molecule has 0 aliphatic heterocycles. The van der Waals surface area contributed by atoms with Crippen molar-refractivity contribution >= 4 is 33.6 Å². The fourth-order valence-corrected chi connectivity index (χ4v) is 3.72. The summed E-state index contributed by atoms with van der Waals surface area (Å²) in [6.45, 7) is 2.80. The molecule has 2 amide bonds. The smallest absolute Gasteiger partial charge is 0.253 e. The Morgan fingerprint density at radius 3 is 2.03 bits per heavy atom. The zero-order chi connectivity index (χ0) is 24.5. The average Bonchev–Trinajstić information content (AvgIpc) is 2.84. The molecule has 4 rings (SSSR count). The lowest BCUT2D eigenvalue weighted by molar-refractivity contribution is -0.632. The topological polar surface area (TPSA) is 96.3 Å². The molecule has 1 heterocycles. The van der Waals surface area contributed by atoms with Crippen molar-refractivity contribution in [2.24, 2.45) is 5.73 Å². The zero-order valence-electron chi connectivity index (χ0n) is 19.1. The normalized spacial score (nSPS) is 10.2. The van der Waals surface area contributed by atoms with Gasteiger partial charge in [0, 0.05) is 25.1 Å². The fourth-order valence-electron chi connectivity index (χ4n) is 3.72. The van der Waals surface area contributed by atoms with Crippen molar-refractivity contribution in [3.05, 3.63) is 83.9 Å². The van der Waals surface area contributed by atoms with Crippen LogP contribution in [-0.2, 0) is 11.3 Å². The number of phenolic OH excluding ortho intramolecular Hbond substituents is 1. The highest BCUT2D eigenvalue weighted by atomic mass is 16.3. The van der Waals surface area contributed by atoms with Crippen molar-refractivity contribution in [2.75, 3.05) is 6.54 Å². The SMILES string of the molecule is C#CC[n+]1c2ccccc2c(C(=O)NCCCC(N)=O)c2ccccc21.Cc1ccc(O)cc1. The lowest BCUT2D eigenvalue weighted by Crippen LogP contribution is -2.36. The number of phenols is 1. The summed E-state index contributed by atoms with van der Waals surface area (Å²) in [6.07, 6.45) is 6.32. The zero-order valence-corrected chi connectivity index (χ0v) is 19.1. The van der Waals surface area contributed by atoms with Crippen LogP contribution in [0.15, 0.2) is 72.8 Å². The van der Waals surface area contributed by atoms with Gasteiger partial charge in [0.05, 0.1) is 16.3 Å². The third kappa shape index (κ3) is 5.90. The highest BCUT2D eigenvalue weighted by Crippen LogP contribution is 2.24. The predicted octanol–water partition coefficient (Wildman–Crippen LogP) is 3.61. The van der Waals surface area contributed by atoms with E-state index >= 15 is 0 Å². The summed E-state index contributed by atoms with van der Waals surface area (Å²) < 4.78 is 2.04. The number of carbonyl (C=O) groups excluding carboxylic acids is 2. The Labute approximate surface area is 199 Å². The van der Waals surface area contributed by atoms with Crippen molar-refractivity contribution in [2.45, 2.75) is 26.3 Å². The predicted molar refractivity (Wildman–Crippen MR) is 134 cm³/mol. The van der Waals surface area contributed by atoms with Gasteiger partial charge in [-0.1, -0.05) is 42.0 Å². The number of aryl methyl sites for hydroxylation is 1. The monoisotopic (exact) mass is 454 g/mol. The largest absolute Gasteiger partial charge is 0.508 e. The van der Waals surface area contributed by atoms with E-state index in [1.54, 1.807) is 12.1 Å². The molecule has 6 heteroatoms. The van der Waals surface area contributed by atoms with E-state index in [2.05, 4.69) is 11.2 Å². The number of aromatic nitrogens is 1. The molecule has 0 radical (unpaired) electrons. The summed E-state index contributed by atoms with van der Waals surface area (Å²) in [5.41, 5.74) is 8.74. The highest BCUT2D eigenvalue weighted by molar-refractivity contribution is 6.14. The van der Waals surface area contributed by atoms with Gasteiger partial charge in [0.25, 0.3) is 5.91 Å². The first kappa shape index (κ1) is 24.3. The number of hydrogen-bond acceptors (Lipinski definition) is 3. The van der Waals surface area contributed by atoms with Crippen molar-refractivity contribution in [3.8, 4) is 18.1 Å². The average molecular weight is 455 g/mol. The first-order valence-corrected chi connectivity index (χ1v) is 11.0. The lowest BCUT2D eigenvalue weighted by Gasteiger charge is -2.11. The molecular weight excluding hydrogens is 426 g/mol.